The summed E-state index contributed by atoms with van der Waals surface area (Å²) in [5, 5.41) is 12.7. The second kappa shape index (κ2) is 16.4. The minimum Gasteiger partial charge on any atom is -0.455 e. The number of pyridine rings is 1. The van der Waals surface area contributed by atoms with Crippen LogP contribution in [0.15, 0.2) is 59.2 Å². The average molecular weight is 761 g/mol. The van der Waals surface area contributed by atoms with Crippen LogP contribution in [0.4, 0.5) is 4.79 Å². The van der Waals surface area contributed by atoms with E-state index in [1.54, 1.807) is 18.7 Å². The van der Waals surface area contributed by atoms with Crippen molar-refractivity contribution in [1.29, 1.82) is 0 Å². The van der Waals surface area contributed by atoms with Crippen molar-refractivity contribution in [3.05, 3.63) is 59.8 Å². The number of ether oxygens (including phenoxy) is 5. The number of fused-ring (bicyclic) bond motifs is 2. The number of benzene rings is 1. The van der Waals surface area contributed by atoms with Gasteiger partial charge in [0.25, 0.3) is 0 Å². The first-order valence-corrected chi connectivity index (χ1v) is 19.8. The molecule has 300 valence electrons. The number of aliphatic hydroxyl groups excluding tert-OH is 1. The smallest absolute Gasteiger partial charge is 0.410 e. The van der Waals surface area contributed by atoms with E-state index in [1.165, 1.54) is 0 Å². The number of aliphatic hydroxyl groups is 1. The highest BCUT2D eigenvalue weighted by Gasteiger charge is 2.59. The van der Waals surface area contributed by atoms with Crippen molar-refractivity contribution in [3.63, 3.8) is 0 Å². The molecule has 4 aliphatic heterocycles. The SMILES string of the molecule is C/C1=C/[C@H](C)[C@@H](O[C@H]2O[C@@H](C)C[C@@H](N(C)C)C2O)[C@@](C)(OC/C=C/c2cnc3ccccc3c2)C[C@@H](C)C2=NCCN3C(=O)O[C@](C)([C@@H](C)OC1=O)[C@H]3[C@H]2C. The highest BCUT2D eigenvalue weighted by Crippen LogP contribution is 2.43. The van der Waals surface area contributed by atoms with Crippen LogP contribution in [0.5, 0.6) is 0 Å². The van der Waals surface area contributed by atoms with Crippen molar-refractivity contribution in [1.82, 2.24) is 14.8 Å². The lowest BCUT2D eigenvalue weighted by molar-refractivity contribution is -0.295. The summed E-state index contributed by atoms with van der Waals surface area (Å²) in [7, 11) is 3.89. The second-order valence-electron chi connectivity index (χ2n) is 16.8. The largest absolute Gasteiger partial charge is 0.455 e. The van der Waals surface area contributed by atoms with Gasteiger partial charge in [0.15, 0.2) is 11.9 Å². The van der Waals surface area contributed by atoms with Crippen LogP contribution >= 0.6 is 0 Å². The Kier molecular flexibility index (Phi) is 12.2. The van der Waals surface area contributed by atoms with Crippen molar-refractivity contribution in [2.45, 2.75) is 122 Å². The molecule has 6 rings (SSSR count). The predicted molar refractivity (Wildman–Crippen MR) is 212 cm³/mol. The Labute approximate surface area is 325 Å². The maximum absolute atomic E-state index is 13.8. The third kappa shape index (κ3) is 8.39. The summed E-state index contributed by atoms with van der Waals surface area (Å²) in [6.45, 7) is 16.7. The zero-order chi connectivity index (χ0) is 39.8. The molecule has 12 heteroatoms. The number of nitrogens with zero attached hydrogens (tertiary/aromatic N) is 4. The molecule has 0 aliphatic carbocycles. The van der Waals surface area contributed by atoms with E-state index in [9.17, 15) is 14.7 Å². The highest BCUT2D eigenvalue weighted by molar-refractivity contribution is 5.91. The van der Waals surface area contributed by atoms with E-state index in [0.717, 1.165) is 22.2 Å². The van der Waals surface area contributed by atoms with E-state index in [1.807, 2.05) is 95.4 Å². The van der Waals surface area contributed by atoms with Crippen molar-refractivity contribution >= 4 is 34.8 Å². The molecule has 2 fully saturated rings. The minimum absolute atomic E-state index is 0.122. The molecule has 12 atom stereocenters. The molecule has 5 heterocycles. The Morgan fingerprint density at radius 2 is 1.85 bits per heavy atom. The van der Waals surface area contributed by atoms with E-state index in [4.69, 9.17) is 28.7 Å². The number of para-hydroxylation sites is 1. The van der Waals surface area contributed by atoms with E-state index < -0.39 is 59.8 Å². The van der Waals surface area contributed by atoms with Gasteiger partial charge < -0.3 is 33.7 Å². The summed E-state index contributed by atoms with van der Waals surface area (Å²) in [5.74, 6) is -1.26. The number of amides is 1. The van der Waals surface area contributed by atoms with Gasteiger partial charge in [0, 0.05) is 47.3 Å². The summed E-state index contributed by atoms with van der Waals surface area (Å²) in [6, 6.07) is 9.50. The number of carbonyl (C=O) groups excluding carboxylic acids is 2. The summed E-state index contributed by atoms with van der Waals surface area (Å²) in [5.41, 5.74) is 1.10. The first-order chi connectivity index (χ1) is 26.0. The molecule has 1 aromatic heterocycles. The number of esters is 1. The fourth-order valence-corrected chi connectivity index (χ4v) is 9.36. The van der Waals surface area contributed by atoms with Crippen LogP contribution in [-0.2, 0) is 28.5 Å². The fourth-order valence-electron chi connectivity index (χ4n) is 9.36. The van der Waals surface area contributed by atoms with Crippen LogP contribution in [0.2, 0.25) is 0 Å². The van der Waals surface area contributed by atoms with Gasteiger partial charge in [-0.25, -0.2) is 9.59 Å². The van der Waals surface area contributed by atoms with Gasteiger partial charge in [-0.2, -0.15) is 0 Å². The Hall–Kier alpha value is -3.68. The van der Waals surface area contributed by atoms with Crippen molar-refractivity contribution in [2.75, 3.05) is 33.8 Å². The van der Waals surface area contributed by atoms with E-state index in [2.05, 4.69) is 24.9 Å². The van der Waals surface area contributed by atoms with Crippen LogP contribution in [0.3, 0.4) is 0 Å². The number of hydrogen-bond donors (Lipinski definition) is 1. The monoisotopic (exact) mass is 760 g/mol. The number of aliphatic imine (C=N–C) groups is 1. The maximum atomic E-state index is 13.8. The molecule has 2 bridgehead atoms. The predicted octanol–water partition coefficient (Wildman–Crippen LogP) is 6.06. The number of carbonyl (C=O) groups is 2. The number of likely N-dealkylation sites (N-methyl/N-ethyl adjacent to an activating group) is 1. The molecular formula is C43H60N4O8. The van der Waals surface area contributed by atoms with Crippen molar-refractivity contribution in [3.8, 4) is 0 Å². The van der Waals surface area contributed by atoms with Crippen LogP contribution < -0.4 is 0 Å². The summed E-state index contributed by atoms with van der Waals surface area (Å²) in [6.07, 6.45) is 4.89. The molecule has 0 radical (unpaired) electrons. The molecule has 1 unspecified atom stereocenters. The van der Waals surface area contributed by atoms with Gasteiger partial charge in [-0.1, -0.05) is 57.2 Å². The molecule has 0 saturated carbocycles. The molecular weight excluding hydrogens is 700 g/mol. The molecule has 2 saturated heterocycles. The van der Waals surface area contributed by atoms with Crippen molar-refractivity contribution in [2.24, 2.45) is 22.7 Å². The topological polar surface area (TPSA) is 132 Å². The number of rotatable bonds is 7. The second-order valence-corrected chi connectivity index (χ2v) is 16.8. The quantitative estimate of drug-likeness (QED) is 0.333. The number of hydrogen-bond acceptors (Lipinski definition) is 11. The third-order valence-electron chi connectivity index (χ3n) is 12.3. The third-order valence-corrected chi connectivity index (χ3v) is 12.3. The van der Waals surface area contributed by atoms with Crippen LogP contribution in [0.25, 0.3) is 17.0 Å². The first-order valence-electron chi connectivity index (χ1n) is 19.8. The zero-order valence-electron chi connectivity index (χ0n) is 34.1. The zero-order valence-corrected chi connectivity index (χ0v) is 34.1. The van der Waals surface area contributed by atoms with Gasteiger partial charge in [-0.15, -0.1) is 0 Å². The van der Waals surface area contributed by atoms with Gasteiger partial charge in [-0.05, 0) is 85.2 Å². The van der Waals surface area contributed by atoms with E-state index in [-0.39, 0.29) is 30.6 Å². The van der Waals surface area contributed by atoms with Crippen molar-refractivity contribution < 1.29 is 38.4 Å². The van der Waals surface area contributed by atoms with Crippen LogP contribution in [0, 0.1) is 17.8 Å². The first kappa shape index (κ1) is 41.0. The average Bonchev–Trinajstić information content (AvgIpc) is 3.26. The fraction of sp³-hybridized carbons (Fsp3) is 0.628. The van der Waals surface area contributed by atoms with Gasteiger partial charge >= 0.3 is 12.1 Å². The Balaban J connectivity index is 1.40. The van der Waals surface area contributed by atoms with E-state index >= 15 is 0 Å². The molecule has 4 aliphatic rings. The van der Waals surface area contributed by atoms with Gasteiger partial charge in [0.1, 0.15) is 12.2 Å². The molecule has 55 heavy (non-hydrogen) atoms. The summed E-state index contributed by atoms with van der Waals surface area (Å²) >= 11 is 0. The molecule has 12 nitrogen and oxygen atoms in total. The summed E-state index contributed by atoms with van der Waals surface area (Å²) < 4.78 is 32.4. The Bertz CT molecular complexity index is 1810. The molecule has 1 N–H and O–H groups in total. The normalized spacial score (nSPS) is 38.6. The van der Waals surface area contributed by atoms with Gasteiger partial charge in [0.2, 0.25) is 0 Å². The molecule has 2 aromatic rings. The molecule has 1 aromatic carbocycles. The lowest BCUT2D eigenvalue weighted by atomic mass is 9.74. The van der Waals surface area contributed by atoms with Gasteiger partial charge in [-0.3, -0.25) is 14.9 Å². The van der Waals surface area contributed by atoms with Crippen LogP contribution in [0.1, 0.15) is 73.8 Å². The summed E-state index contributed by atoms with van der Waals surface area (Å²) in [4.78, 5) is 40.6. The molecule has 0 spiro atoms. The molecule has 1 amide bonds. The minimum atomic E-state index is -1.10. The Morgan fingerprint density at radius 1 is 1.11 bits per heavy atom. The number of aromatic nitrogens is 1. The van der Waals surface area contributed by atoms with Gasteiger partial charge in [0.05, 0.1) is 42.5 Å². The lowest BCUT2D eigenvalue weighted by Gasteiger charge is -2.47. The highest BCUT2D eigenvalue weighted by atomic mass is 16.7. The standard InChI is InChI=1S/C43H60N4O8/c1-25-20-26(2)39(49)53-30(6)43(8)37-29(5)35(44-17-18-47(37)41(50)55-43)27(3)23-42(7,38(25)54-40-36(48)34(46(9)10)21-28(4)52-40)51-19-13-14-31-22-32-15-11-12-16-33(32)45-24-31/h11-16,20,22,24-25,27-30,34,36-38,40,48H,17-19,21,23H2,1-10H3/b14-13+,26-20-/t25-,27+,28-,29-,30+,34+,36?,37+,38+,40+,42-,43+/m0/s1. The number of cyclic esters (lactones) is 1. The lowest BCUT2D eigenvalue weighted by Crippen LogP contribution is -2.59. The van der Waals surface area contributed by atoms with E-state index in [0.29, 0.717) is 31.5 Å². The Morgan fingerprint density at radius 3 is 2.60 bits per heavy atom. The van der Waals surface area contributed by atoms with Crippen LogP contribution in [-0.4, -0.2) is 125 Å². The maximum Gasteiger partial charge on any atom is 0.410 e.